The number of carbonyl (C=O) groups excluding carboxylic acids is 1. The van der Waals surface area contributed by atoms with Crippen molar-refractivity contribution in [2.24, 2.45) is 0 Å². The maximum Gasteiger partial charge on any atom is 0.253 e. The molecule has 0 unspecified atom stereocenters. The molecule has 1 aromatic carbocycles. The Kier molecular flexibility index (Phi) is 3.36. The van der Waals surface area contributed by atoms with Crippen molar-refractivity contribution >= 4 is 5.91 Å². The molecule has 1 aromatic rings. The number of ether oxygens (including phenoxy) is 1. The van der Waals surface area contributed by atoms with Crippen molar-refractivity contribution in [1.29, 1.82) is 0 Å². The lowest BCUT2D eigenvalue weighted by molar-refractivity contribution is 0.0826. The first-order chi connectivity index (χ1) is 8.11. The second-order valence-corrected chi connectivity index (χ2v) is 4.69. The lowest BCUT2D eigenvalue weighted by Gasteiger charge is -2.15. The number of carbonyl (C=O) groups is 1. The molecule has 3 heteroatoms. The van der Waals surface area contributed by atoms with Crippen LogP contribution in [0.15, 0.2) is 18.2 Å². The van der Waals surface area contributed by atoms with Crippen LogP contribution in [0.1, 0.15) is 35.7 Å². The predicted molar refractivity (Wildman–Crippen MR) is 67.5 cm³/mol. The minimum atomic E-state index is 0.0445. The van der Waals surface area contributed by atoms with Crippen molar-refractivity contribution in [3.05, 3.63) is 29.3 Å². The summed E-state index contributed by atoms with van der Waals surface area (Å²) in [6.45, 7) is 2.06. The maximum atomic E-state index is 12.0. The molecule has 0 radical (unpaired) electrons. The van der Waals surface area contributed by atoms with Gasteiger partial charge in [0.15, 0.2) is 0 Å². The van der Waals surface area contributed by atoms with Gasteiger partial charge in [-0.1, -0.05) is 13.0 Å². The molecular formula is C14H19NO2. The van der Waals surface area contributed by atoms with Gasteiger partial charge < -0.3 is 9.64 Å². The molecule has 0 aliphatic heterocycles. The Morgan fingerprint density at radius 3 is 2.65 bits per heavy atom. The van der Waals surface area contributed by atoms with Crippen molar-refractivity contribution in [2.75, 3.05) is 14.1 Å². The molecule has 1 amide bonds. The van der Waals surface area contributed by atoms with E-state index in [2.05, 4.69) is 6.92 Å². The lowest BCUT2D eigenvalue weighted by Crippen LogP contribution is -2.23. The van der Waals surface area contributed by atoms with Crippen LogP contribution in [0.3, 0.4) is 0 Å². The van der Waals surface area contributed by atoms with Gasteiger partial charge in [-0.15, -0.1) is 0 Å². The zero-order valence-electron chi connectivity index (χ0n) is 10.7. The average Bonchev–Trinajstić information content (AvgIpc) is 3.11. The smallest absolute Gasteiger partial charge is 0.253 e. The quantitative estimate of drug-likeness (QED) is 0.799. The maximum absolute atomic E-state index is 12.0. The van der Waals surface area contributed by atoms with Crippen LogP contribution in [0.5, 0.6) is 5.75 Å². The Morgan fingerprint density at radius 1 is 1.41 bits per heavy atom. The molecule has 0 N–H and O–H groups in total. The van der Waals surface area contributed by atoms with Crippen LogP contribution >= 0.6 is 0 Å². The highest BCUT2D eigenvalue weighted by molar-refractivity contribution is 5.95. The van der Waals surface area contributed by atoms with Gasteiger partial charge in [-0.3, -0.25) is 4.79 Å². The fraction of sp³-hybridized carbons (Fsp3) is 0.500. The van der Waals surface area contributed by atoms with Gasteiger partial charge in [0.2, 0.25) is 0 Å². The summed E-state index contributed by atoms with van der Waals surface area (Å²) in [6, 6.07) is 5.83. The van der Waals surface area contributed by atoms with Crippen molar-refractivity contribution in [1.82, 2.24) is 4.90 Å². The summed E-state index contributed by atoms with van der Waals surface area (Å²) in [4.78, 5) is 13.7. The zero-order chi connectivity index (χ0) is 12.4. The molecule has 0 bridgehead atoms. The fourth-order valence-electron chi connectivity index (χ4n) is 1.76. The summed E-state index contributed by atoms with van der Waals surface area (Å²) < 4.78 is 5.72. The van der Waals surface area contributed by atoms with Crippen LogP contribution in [0.2, 0.25) is 0 Å². The van der Waals surface area contributed by atoms with Gasteiger partial charge in [0, 0.05) is 19.7 Å². The van der Waals surface area contributed by atoms with Crippen LogP contribution in [-0.4, -0.2) is 31.0 Å². The fourth-order valence-corrected chi connectivity index (χ4v) is 1.76. The van der Waals surface area contributed by atoms with Gasteiger partial charge in [0.25, 0.3) is 5.91 Å². The number of nitrogens with zero attached hydrogens (tertiary/aromatic N) is 1. The van der Waals surface area contributed by atoms with Crippen molar-refractivity contribution in [3.8, 4) is 5.75 Å². The van der Waals surface area contributed by atoms with Crippen LogP contribution < -0.4 is 4.74 Å². The second-order valence-electron chi connectivity index (χ2n) is 4.69. The van der Waals surface area contributed by atoms with Crippen LogP contribution in [0.25, 0.3) is 0 Å². The molecule has 1 aliphatic rings. The highest BCUT2D eigenvalue weighted by Crippen LogP contribution is 2.28. The van der Waals surface area contributed by atoms with E-state index in [1.807, 2.05) is 18.2 Å². The molecule has 0 atom stereocenters. The summed E-state index contributed by atoms with van der Waals surface area (Å²) in [6.07, 6.45) is 3.49. The summed E-state index contributed by atoms with van der Waals surface area (Å²) in [7, 11) is 3.55. The molecule has 2 rings (SSSR count). The van der Waals surface area contributed by atoms with Crippen molar-refractivity contribution in [3.63, 3.8) is 0 Å². The van der Waals surface area contributed by atoms with E-state index in [1.54, 1.807) is 19.0 Å². The van der Waals surface area contributed by atoms with E-state index in [0.29, 0.717) is 6.10 Å². The van der Waals surface area contributed by atoms with Gasteiger partial charge in [-0.2, -0.15) is 0 Å². The molecule has 1 fully saturated rings. The van der Waals surface area contributed by atoms with Gasteiger partial charge in [0.1, 0.15) is 5.75 Å². The molecule has 92 valence electrons. The largest absolute Gasteiger partial charge is 0.490 e. The van der Waals surface area contributed by atoms with E-state index in [0.717, 1.165) is 36.1 Å². The first kappa shape index (κ1) is 12.0. The summed E-state index contributed by atoms with van der Waals surface area (Å²) in [5.41, 5.74) is 1.84. The predicted octanol–water partition coefficient (Wildman–Crippen LogP) is 2.49. The summed E-state index contributed by atoms with van der Waals surface area (Å²) in [5, 5.41) is 0. The Labute approximate surface area is 102 Å². The second kappa shape index (κ2) is 4.78. The molecule has 17 heavy (non-hydrogen) atoms. The average molecular weight is 233 g/mol. The summed E-state index contributed by atoms with van der Waals surface area (Å²) in [5.74, 6) is 0.859. The van der Waals surface area contributed by atoms with Crippen LogP contribution in [0.4, 0.5) is 0 Å². The van der Waals surface area contributed by atoms with E-state index in [1.165, 1.54) is 0 Å². The number of rotatable bonds is 4. The highest BCUT2D eigenvalue weighted by atomic mass is 16.5. The van der Waals surface area contributed by atoms with Gasteiger partial charge in [0.05, 0.1) is 6.10 Å². The molecular weight excluding hydrogens is 214 g/mol. The Hall–Kier alpha value is -1.51. The highest BCUT2D eigenvalue weighted by Gasteiger charge is 2.24. The third-order valence-electron chi connectivity index (χ3n) is 2.93. The number of amides is 1. The van der Waals surface area contributed by atoms with E-state index < -0.39 is 0 Å². The SMILES string of the molecule is CCc1ccc(OC2CC2)cc1C(=O)N(C)C. The van der Waals surface area contributed by atoms with E-state index in [9.17, 15) is 4.79 Å². The number of hydrogen-bond acceptors (Lipinski definition) is 2. The first-order valence-electron chi connectivity index (χ1n) is 6.13. The minimum Gasteiger partial charge on any atom is -0.490 e. The molecule has 1 saturated carbocycles. The Balaban J connectivity index is 2.27. The van der Waals surface area contributed by atoms with E-state index >= 15 is 0 Å². The number of hydrogen-bond donors (Lipinski definition) is 0. The number of benzene rings is 1. The first-order valence-corrected chi connectivity index (χ1v) is 6.13. The van der Waals surface area contributed by atoms with E-state index in [4.69, 9.17) is 4.74 Å². The normalized spacial score (nSPS) is 14.5. The third-order valence-corrected chi connectivity index (χ3v) is 2.93. The molecule has 3 nitrogen and oxygen atoms in total. The van der Waals surface area contributed by atoms with Crippen LogP contribution in [0, 0.1) is 0 Å². The van der Waals surface area contributed by atoms with Gasteiger partial charge in [-0.05, 0) is 37.0 Å². The molecule has 0 heterocycles. The summed E-state index contributed by atoms with van der Waals surface area (Å²) >= 11 is 0. The monoisotopic (exact) mass is 233 g/mol. The van der Waals surface area contributed by atoms with Gasteiger partial charge in [-0.25, -0.2) is 0 Å². The standard InChI is InChI=1S/C14H19NO2/c1-4-10-5-6-12(17-11-7-8-11)9-13(10)14(16)15(2)3/h5-6,9,11H,4,7-8H2,1-3H3. The third kappa shape index (κ3) is 2.78. The van der Waals surface area contributed by atoms with Gasteiger partial charge >= 0.3 is 0 Å². The van der Waals surface area contributed by atoms with E-state index in [-0.39, 0.29) is 5.91 Å². The Bertz CT molecular complexity index is 422. The molecule has 0 saturated heterocycles. The minimum absolute atomic E-state index is 0.0445. The lowest BCUT2D eigenvalue weighted by atomic mass is 10.0. The van der Waals surface area contributed by atoms with Crippen LogP contribution in [-0.2, 0) is 6.42 Å². The molecule has 0 aromatic heterocycles. The number of aryl methyl sites for hydroxylation is 1. The van der Waals surface area contributed by atoms with Crippen molar-refractivity contribution in [2.45, 2.75) is 32.3 Å². The van der Waals surface area contributed by atoms with Crippen molar-refractivity contribution < 1.29 is 9.53 Å². The molecule has 0 spiro atoms. The zero-order valence-corrected chi connectivity index (χ0v) is 10.7. The topological polar surface area (TPSA) is 29.5 Å². The Morgan fingerprint density at radius 2 is 2.12 bits per heavy atom. The molecule has 1 aliphatic carbocycles.